The second-order valence-corrected chi connectivity index (χ2v) is 6.74. The first-order chi connectivity index (χ1) is 11.5. The van der Waals surface area contributed by atoms with E-state index in [0.717, 1.165) is 12.1 Å². The number of likely N-dealkylation sites (N-methyl/N-ethyl adjacent to an activating group) is 1. The van der Waals surface area contributed by atoms with Crippen molar-refractivity contribution in [2.75, 3.05) is 33.9 Å². The third kappa shape index (κ3) is 3.45. The molecule has 0 bridgehead atoms. The van der Waals surface area contributed by atoms with E-state index in [9.17, 15) is 9.18 Å². The lowest BCUT2D eigenvalue weighted by atomic mass is 9.82. The number of nitrogens with zero attached hydrogens (tertiary/aromatic N) is 1. The number of benzene rings is 1. The number of amides is 1. The van der Waals surface area contributed by atoms with E-state index in [1.54, 1.807) is 13.2 Å². The van der Waals surface area contributed by atoms with Crippen LogP contribution in [-0.4, -0.2) is 56.9 Å². The monoisotopic (exact) mass is 336 g/mol. The number of nitrogens with one attached hydrogen (secondary N) is 1. The SMILES string of the molecule is CO[C@H]1C[C@@H](C(=O)NC2(c3cccc(F)c3)CCOCC2)N(C)C1. The molecule has 0 saturated carbocycles. The summed E-state index contributed by atoms with van der Waals surface area (Å²) in [5, 5.41) is 3.21. The van der Waals surface area contributed by atoms with Gasteiger partial charge in [0.15, 0.2) is 0 Å². The van der Waals surface area contributed by atoms with E-state index in [0.29, 0.717) is 32.5 Å². The highest BCUT2D eigenvalue weighted by molar-refractivity contribution is 5.83. The average Bonchev–Trinajstić information content (AvgIpc) is 2.97. The Balaban J connectivity index is 1.81. The molecular weight excluding hydrogens is 311 g/mol. The predicted octanol–water partition coefficient (Wildman–Crippen LogP) is 1.67. The number of rotatable bonds is 4. The van der Waals surface area contributed by atoms with Gasteiger partial charge in [-0.05, 0) is 44.0 Å². The molecule has 0 spiro atoms. The van der Waals surface area contributed by atoms with E-state index in [1.165, 1.54) is 12.1 Å². The fourth-order valence-corrected chi connectivity index (χ4v) is 3.74. The molecule has 1 aromatic rings. The molecule has 0 radical (unpaired) electrons. The molecule has 5 nitrogen and oxygen atoms in total. The minimum atomic E-state index is -0.566. The predicted molar refractivity (Wildman–Crippen MR) is 88.1 cm³/mol. The van der Waals surface area contributed by atoms with Crippen LogP contribution in [0.15, 0.2) is 24.3 Å². The Bertz CT molecular complexity index is 589. The number of halogens is 1. The molecule has 132 valence electrons. The van der Waals surface area contributed by atoms with E-state index in [2.05, 4.69) is 5.32 Å². The van der Waals surface area contributed by atoms with Crippen LogP contribution in [-0.2, 0) is 19.8 Å². The largest absolute Gasteiger partial charge is 0.381 e. The number of carbonyl (C=O) groups is 1. The molecule has 1 aromatic carbocycles. The van der Waals surface area contributed by atoms with Crippen molar-refractivity contribution in [2.45, 2.75) is 36.9 Å². The van der Waals surface area contributed by atoms with Gasteiger partial charge in [-0.3, -0.25) is 9.69 Å². The molecule has 1 amide bonds. The third-order valence-electron chi connectivity index (χ3n) is 5.23. The van der Waals surface area contributed by atoms with Gasteiger partial charge in [0, 0.05) is 26.9 Å². The molecule has 0 aromatic heterocycles. The summed E-state index contributed by atoms with van der Waals surface area (Å²) >= 11 is 0. The molecule has 24 heavy (non-hydrogen) atoms. The van der Waals surface area contributed by atoms with Crippen molar-refractivity contribution in [2.24, 2.45) is 0 Å². The van der Waals surface area contributed by atoms with Crippen LogP contribution in [0.4, 0.5) is 4.39 Å². The van der Waals surface area contributed by atoms with Gasteiger partial charge in [-0.15, -0.1) is 0 Å². The summed E-state index contributed by atoms with van der Waals surface area (Å²) in [5.74, 6) is -0.312. The minimum Gasteiger partial charge on any atom is -0.381 e. The molecule has 2 atom stereocenters. The molecule has 0 unspecified atom stereocenters. The summed E-state index contributed by atoms with van der Waals surface area (Å²) in [7, 11) is 3.60. The zero-order valence-corrected chi connectivity index (χ0v) is 14.3. The average molecular weight is 336 g/mol. The highest BCUT2D eigenvalue weighted by Gasteiger charge is 2.41. The normalized spacial score (nSPS) is 27.1. The minimum absolute atomic E-state index is 0.0248. The van der Waals surface area contributed by atoms with Crippen LogP contribution >= 0.6 is 0 Å². The first-order valence-electron chi connectivity index (χ1n) is 8.43. The molecule has 6 heteroatoms. The van der Waals surface area contributed by atoms with Crippen LogP contribution in [0.5, 0.6) is 0 Å². The summed E-state index contributed by atoms with van der Waals surface area (Å²) in [6.45, 7) is 1.85. The summed E-state index contributed by atoms with van der Waals surface area (Å²) < 4.78 is 24.6. The second kappa shape index (κ2) is 7.17. The zero-order valence-electron chi connectivity index (χ0n) is 14.3. The first-order valence-corrected chi connectivity index (χ1v) is 8.43. The topological polar surface area (TPSA) is 50.8 Å². The van der Waals surface area contributed by atoms with Crippen molar-refractivity contribution < 1.29 is 18.7 Å². The van der Waals surface area contributed by atoms with Gasteiger partial charge >= 0.3 is 0 Å². The van der Waals surface area contributed by atoms with Crippen LogP contribution in [0.25, 0.3) is 0 Å². The van der Waals surface area contributed by atoms with Crippen LogP contribution in [0, 0.1) is 5.82 Å². The van der Waals surface area contributed by atoms with Crippen molar-refractivity contribution in [1.82, 2.24) is 10.2 Å². The van der Waals surface area contributed by atoms with Gasteiger partial charge in [0.2, 0.25) is 5.91 Å². The van der Waals surface area contributed by atoms with E-state index in [1.807, 2.05) is 18.0 Å². The highest BCUT2D eigenvalue weighted by Crippen LogP contribution is 2.33. The Morgan fingerprint density at radius 3 is 2.79 bits per heavy atom. The maximum atomic E-state index is 13.7. The van der Waals surface area contributed by atoms with Gasteiger partial charge in [-0.25, -0.2) is 4.39 Å². The quantitative estimate of drug-likeness (QED) is 0.909. The van der Waals surface area contributed by atoms with E-state index >= 15 is 0 Å². The van der Waals surface area contributed by atoms with E-state index in [-0.39, 0.29) is 23.9 Å². The summed E-state index contributed by atoms with van der Waals surface area (Å²) in [6, 6.07) is 6.29. The van der Waals surface area contributed by atoms with Crippen molar-refractivity contribution in [3.63, 3.8) is 0 Å². The number of ether oxygens (including phenoxy) is 2. The van der Waals surface area contributed by atoms with Crippen molar-refractivity contribution in [3.05, 3.63) is 35.6 Å². The van der Waals surface area contributed by atoms with Gasteiger partial charge in [0.05, 0.1) is 17.7 Å². The molecule has 2 fully saturated rings. The number of hydrogen-bond donors (Lipinski definition) is 1. The smallest absolute Gasteiger partial charge is 0.238 e. The van der Waals surface area contributed by atoms with Crippen LogP contribution in [0.2, 0.25) is 0 Å². The van der Waals surface area contributed by atoms with Crippen LogP contribution < -0.4 is 5.32 Å². The molecule has 2 heterocycles. The first kappa shape index (κ1) is 17.3. The van der Waals surface area contributed by atoms with Gasteiger partial charge < -0.3 is 14.8 Å². The Morgan fingerprint density at radius 1 is 1.42 bits per heavy atom. The Labute approximate surface area is 142 Å². The number of hydrogen-bond acceptors (Lipinski definition) is 4. The van der Waals surface area contributed by atoms with Crippen LogP contribution in [0.1, 0.15) is 24.8 Å². The molecular formula is C18H25FN2O3. The Hall–Kier alpha value is -1.50. The standard InChI is InChI=1S/C18H25FN2O3/c1-21-12-15(23-2)11-16(21)17(22)20-18(6-8-24-9-7-18)13-4-3-5-14(19)10-13/h3-5,10,15-16H,6-9,11-12H2,1-2H3,(H,20,22)/t15-,16-/m0/s1. The fourth-order valence-electron chi connectivity index (χ4n) is 3.74. The molecule has 2 saturated heterocycles. The lowest BCUT2D eigenvalue weighted by Gasteiger charge is -2.39. The highest BCUT2D eigenvalue weighted by atomic mass is 19.1. The van der Waals surface area contributed by atoms with Crippen molar-refractivity contribution in [3.8, 4) is 0 Å². The Kier molecular flexibility index (Phi) is 5.18. The third-order valence-corrected chi connectivity index (χ3v) is 5.23. The number of methoxy groups -OCH3 is 1. The summed E-state index contributed by atoms with van der Waals surface area (Å²) in [4.78, 5) is 14.9. The maximum Gasteiger partial charge on any atom is 0.238 e. The molecule has 3 rings (SSSR count). The lowest BCUT2D eigenvalue weighted by Crippen LogP contribution is -2.54. The summed E-state index contributed by atoms with van der Waals surface area (Å²) in [6.07, 6.45) is 2.04. The van der Waals surface area contributed by atoms with E-state index in [4.69, 9.17) is 9.47 Å². The molecule has 1 N–H and O–H groups in total. The second-order valence-electron chi connectivity index (χ2n) is 6.74. The molecule has 2 aliphatic rings. The Morgan fingerprint density at radius 2 is 2.17 bits per heavy atom. The van der Waals surface area contributed by atoms with Gasteiger partial charge in [0.25, 0.3) is 0 Å². The van der Waals surface area contributed by atoms with Crippen LogP contribution in [0.3, 0.4) is 0 Å². The summed E-state index contributed by atoms with van der Waals surface area (Å²) in [5.41, 5.74) is 0.242. The van der Waals surface area contributed by atoms with E-state index < -0.39 is 5.54 Å². The number of likely N-dealkylation sites (tertiary alicyclic amines) is 1. The number of carbonyl (C=O) groups excluding carboxylic acids is 1. The van der Waals surface area contributed by atoms with Crippen molar-refractivity contribution in [1.29, 1.82) is 0 Å². The van der Waals surface area contributed by atoms with Gasteiger partial charge in [-0.1, -0.05) is 12.1 Å². The molecule has 0 aliphatic carbocycles. The molecule has 2 aliphatic heterocycles. The fraction of sp³-hybridized carbons (Fsp3) is 0.611. The van der Waals surface area contributed by atoms with Crippen molar-refractivity contribution >= 4 is 5.91 Å². The maximum absolute atomic E-state index is 13.7. The zero-order chi connectivity index (χ0) is 17.2. The van der Waals surface area contributed by atoms with Gasteiger partial charge in [-0.2, -0.15) is 0 Å². The van der Waals surface area contributed by atoms with Gasteiger partial charge in [0.1, 0.15) is 5.82 Å². The lowest BCUT2D eigenvalue weighted by molar-refractivity contribution is -0.128.